The Bertz CT molecular complexity index is 364. The SMILES string of the molecule is CNC(c1ccccc1)C(C)(C)CN(C)C(C)CO. The van der Waals surface area contributed by atoms with Crippen LogP contribution >= 0.6 is 0 Å². The van der Waals surface area contributed by atoms with E-state index < -0.39 is 0 Å². The summed E-state index contributed by atoms with van der Waals surface area (Å²) in [7, 11) is 4.08. The first-order valence-electron chi connectivity index (χ1n) is 6.95. The summed E-state index contributed by atoms with van der Waals surface area (Å²) in [6.07, 6.45) is 0. The van der Waals surface area contributed by atoms with Gasteiger partial charge in [0.15, 0.2) is 0 Å². The van der Waals surface area contributed by atoms with Crippen molar-refractivity contribution in [2.75, 3.05) is 27.2 Å². The monoisotopic (exact) mass is 264 g/mol. The van der Waals surface area contributed by atoms with Crippen LogP contribution in [0.2, 0.25) is 0 Å². The van der Waals surface area contributed by atoms with Crippen LogP contribution in [0.15, 0.2) is 30.3 Å². The summed E-state index contributed by atoms with van der Waals surface area (Å²) in [5, 5.41) is 12.7. The molecule has 0 aliphatic heterocycles. The van der Waals surface area contributed by atoms with Crippen molar-refractivity contribution in [1.82, 2.24) is 10.2 Å². The van der Waals surface area contributed by atoms with Crippen LogP contribution in [0.25, 0.3) is 0 Å². The lowest BCUT2D eigenvalue weighted by atomic mass is 9.80. The number of aliphatic hydroxyl groups is 1. The highest BCUT2D eigenvalue weighted by molar-refractivity contribution is 5.21. The normalized spacial score (nSPS) is 15.5. The predicted molar refractivity (Wildman–Crippen MR) is 81.2 cm³/mol. The number of likely N-dealkylation sites (N-methyl/N-ethyl adjacent to an activating group) is 1. The van der Waals surface area contributed by atoms with E-state index in [-0.39, 0.29) is 18.1 Å². The zero-order valence-corrected chi connectivity index (χ0v) is 12.9. The van der Waals surface area contributed by atoms with Crippen LogP contribution in [0.4, 0.5) is 0 Å². The second-order valence-corrected chi connectivity index (χ2v) is 6.07. The van der Waals surface area contributed by atoms with Gasteiger partial charge >= 0.3 is 0 Å². The van der Waals surface area contributed by atoms with Crippen molar-refractivity contribution < 1.29 is 5.11 Å². The molecule has 1 aromatic rings. The molecule has 0 bridgehead atoms. The highest BCUT2D eigenvalue weighted by Crippen LogP contribution is 2.33. The summed E-state index contributed by atoms with van der Waals surface area (Å²) in [6, 6.07) is 11.0. The lowest BCUT2D eigenvalue weighted by Crippen LogP contribution is -2.44. The van der Waals surface area contributed by atoms with Crippen molar-refractivity contribution in [3.8, 4) is 0 Å². The van der Waals surface area contributed by atoms with Gasteiger partial charge in [0, 0.05) is 18.6 Å². The van der Waals surface area contributed by atoms with Gasteiger partial charge < -0.3 is 15.3 Å². The van der Waals surface area contributed by atoms with Crippen molar-refractivity contribution >= 4 is 0 Å². The van der Waals surface area contributed by atoms with Gasteiger partial charge in [0.2, 0.25) is 0 Å². The predicted octanol–water partition coefficient (Wildman–Crippen LogP) is 2.29. The molecule has 0 heterocycles. The van der Waals surface area contributed by atoms with E-state index in [0.717, 1.165) is 6.54 Å². The Morgan fingerprint density at radius 3 is 2.32 bits per heavy atom. The fourth-order valence-corrected chi connectivity index (χ4v) is 2.68. The molecular weight excluding hydrogens is 236 g/mol. The second kappa shape index (κ2) is 7.04. The minimum absolute atomic E-state index is 0.0777. The average Bonchev–Trinajstić information content (AvgIpc) is 2.38. The summed E-state index contributed by atoms with van der Waals surface area (Å²) < 4.78 is 0. The van der Waals surface area contributed by atoms with Gasteiger partial charge in [-0.15, -0.1) is 0 Å². The van der Waals surface area contributed by atoms with Crippen molar-refractivity contribution in [3.63, 3.8) is 0 Å². The van der Waals surface area contributed by atoms with E-state index in [9.17, 15) is 5.11 Å². The van der Waals surface area contributed by atoms with E-state index in [1.807, 2.05) is 20.0 Å². The number of hydrogen-bond donors (Lipinski definition) is 2. The largest absolute Gasteiger partial charge is 0.395 e. The summed E-state index contributed by atoms with van der Waals surface area (Å²) in [4.78, 5) is 2.22. The Morgan fingerprint density at radius 2 is 1.84 bits per heavy atom. The average molecular weight is 264 g/mol. The van der Waals surface area contributed by atoms with Crippen molar-refractivity contribution in [2.24, 2.45) is 5.41 Å². The van der Waals surface area contributed by atoms with Crippen molar-refractivity contribution in [1.29, 1.82) is 0 Å². The molecule has 1 aromatic carbocycles. The molecule has 0 aromatic heterocycles. The van der Waals surface area contributed by atoms with Gasteiger partial charge in [-0.1, -0.05) is 44.2 Å². The summed E-state index contributed by atoms with van der Waals surface area (Å²) in [6.45, 7) is 7.70. The minimum Gasteiger partial charge on any atom is -0.395 e. The van der Waals surface area contributed by atoms with E-state index >= 15 is 0 Å². The molecule has 2 N–H and O–H groups in total. The molecule has 1 rings (SSSR count). The number of aliphatic hydroxyl groups excluding tert-OH is 1. The standard InChI is InChI=1S/C16H28N2O/c1-13(11-19)18(5)12-16(2,3)15(17-4)14-9-7-6-8-10-14/h6-10,13,15,17,19H,11-12H2,1-5H3. The smallest absolute Gasteiger partial charge is 0.0584 e. The topological polar surface area (TPSA) is 35.5 Å². The van der Waals surface area contributed by atoms with Crippen LogP contribution in [0.1, 0.15) is 32.4 Å². The Kier molecular flexibility index (Phi) is 5.98. The Morgan fingerprint density at radius 1 is 1.26 bits per heavy atom. The summed E-state index contributed by atoms with van der Waals surface area (Å²) in [5.41, 5.74) is 1.38. The van der Waals surface area contributed by atoms with Crippen LogP contribution in [0.3, 0.4) is 0 Å². The third-order valence-electron chi connectivity index (χ3n) is 3.88. The first-order chi connectivity index (χ1) is 8.92. The van der Waals surface area contributed by atoms with Gasteiger partial charge in [0.1, 0.15) is 0 Å². The van der Waals surface area contributed by atoms with Crippen molar-refractivity contribution in [2.45, 2.75) is 32.9 Å². The molecule has 2 atom stereocenters. The van der Waals surface area contributed by atoms with Gasteiger partial charge in [-0.05, 0) is 32.0 Å². The summed E-state index contributed by atoms with van der Waals surface area (Å²) in [5.74, 6) is 0. The summed E-state index contributed by atoms with van der Waals surface area (Å²) >= 11 is 0. The lowest BCUT2D eigenvalue weighted by molar-refractivity contribution is 0.0988. The van der Waals surface area contributed by atoms with Crippen LogP contribution in [-0.2, 0) is 0 Å². The van der Waals surface area contributed by atoms with Crippen LogP contribution < -0.4 is 5.32 Å². The Hall–Kier alpha value is -0.900. The van der Waals surface area contributed by atoms with Gasteiger partial charge in [0.25, 0.3) is 0 Å². The molecule has 2 unspecified atom stereocenters. The Labute approximate surface area is 117 Å². The molecule has 0 aliphatic carbocycles. The zero-order chi connectivity index (χ0) is 14.5. The third-order valence-corrected chi connectivity index (χ3v) is 3.88. The molecular formula is C16H28N2O. The van der Waals surface area contributed by atoms with Crippen LogP contribution in [0.5, 0.6) is 0 Å². The molecule has 0 aliphatic rings. The van der Waals surface area contributed by atoms with Crippen LogP contribution in [0, 0.1) is 5.41 Å². The number of nitrogens with zero attached hydrogens (tertiary/aromatic N) is 1. The van der Waals surface area contributed by atoms with Gasteiger partial charge in [-0.2, -0.15) is 0 Å². The highest BCUT2D eigenvalue weighted by atomic mass is 16.3. The van der Waals surface area contributed by atoms with E-state index in [1.165, 1.54) is 5.56 Å². The lowest BCUT2D eigenvalue weighted by Gasteiger charge is -2.39. The van der Waals surface area contributed by atoms with E-state index in [0.29, 0.717) is 6.04 Å². The van der Waals surface area contributed by atoms with Gasteiger partial charge in [-0.3, -0.25) is 0 Å². The maximum absolute atomic E-state index is 9.26. The van der Waals surface area contributed by atoms with Crippen molar-refractivity contribution in [3.05, 3.63) is 35.9 Å². The molecule has 0 fully saturated rings. The molecule has 0 spiro atoms. The van der Waals surface area contributed by atoms with Crippen LogP contribution in [-0.4, -0.2) is 43.3 Å². The first kappa shape index (κ1) is 16.2. The zero-order valence-electron chi connectivity index (χ0n) is 12.9. The maximum atomic E-state index is 9.26. The van der Waals surface area contributed by atoms with E-state index in [1.54, 1.807) is 0 Å². The van der Waals surface area contributed by atoms with E-state index in [4.69, 9.17) is 0 Å². The third kappa shape index (κ3) is 4.30. The molecule has 19 heavy (non-hydrogen) atoms. The number of hydrogen-bond acceptors (Lipinski definition) is 3. The highest BCUT2D eigenvalue weighted by Gasteiger charge is 2.31. The number of nitrogens with one attached hydrogen (secondary N) is 1. The number of benzene rings is 1. The minimum atomic E-state index is 0.0777. The first-order valence-corrected chi connectivity index (χ1v) is 6.95. The second-order valence-electron chi connectivity index (χ2n) is 6.07. The van der Waals surface area contributed by atoms with E-state index in [2.05, 4.69) is 55.4 Å². The Balaban J connectivity index is 2.84. The van der Waals surface area contributed by atoms with Gasteiger partial charge in [0.05, 0.1) is 6.61 Å². The quantitative estimate of drug-likeness (QED) is 0.793. The maximum Gasteiger partial charge on any atom is 0.0584 e. The molecule has 0 amide bonds. The molecule has 108 valence electrons. The number of rotatable bonds is 7. The molecule has 0 saturated heterocycles. The fraction of sp³-hybridized carbons (Fsp3) is 0.625. The molecule has 3 nitrogen and oxygen atoms in total. The van der Waals surface area contributed by atoms with Gasteiger partial charge in [-0.25, -0.2) is 0 Å². The molecule has 0 radical (unpaired) electrons. The molecule has 0 saturated carbocycles. The molecule has 3 heteroatoms. The fourth-order valence-electron chi connectivity index (χ4n) is 2.68.